The molecule has 0 spiro atoms. The molecule has 2 rings (SSSR count). The number of aromatic nitrogens is 1. The molecule has 106 valence electrons. The van der Waals surface area contributed by atoms with Crippen LogP contribution < -0.4 is 11.1 Å². The molecule has 0 radical (unpaired) electrons. The van der Waals surface area contributed by atoms with Gasteiger partial charge >= 0.3 is 0 Å². The van der Waals surface area contributed by atoms with Gasteiger partial charge in [0, 0.05) is 11.8 Å². The van der Waals surface area contributed by atoms with Crippen LogP contribution in [0.4, 0.5) is 14.5 Å². The van der Waals surface area contributed by atoms with E-state index >= 15 is 0 Å². The van der Waals surface area contributed by atoms with Gasteiger partial charge in [0.2, 0.25) is 0 Å². The number of anilines is 1. The van der Waals surface area contributed by atoms with Crippen molar-refractivity contribution in [2.45, 2.75) is 0 Å². The van der Waals surface area contributed by atoms with Crippen molar-refractivity contribution >= 4 is 11.6 Å². The van der Waals surface area contributed by atoms with Crippen LogP contribution in [0.25, 0.3) is 0 Å². The highest BCUT2D eigenvalue weighted by Gasteiger charge is 2.13. The number of nitrogens with two attached hydrogens (primary N) is 1. The number of amides is 1. The Labute approximate surface area is 120 Å². The number of hydrogen-bond acceptors (Lipinski definition) is 3. The zero-order chi connectivity index (χ0) is 15.2. The van der Waals surface area contributed by atoms with Crippen molar-refractivity contribution in [1.29, 1.82) is 0 Å². The maximum absolute atomic E-state index is 13.5. The first-order chi connectivity index (χ1) is 10.1. The van der Waals surface area contributed by atoms with E-state index in [4.69, 9.17) is 5.73 Å². The van der Waals surface area contributed by atoms with E-state index in [-0.39, 0.29) is 23.4 Å². The predicted octanol–water partition coefficient (Wildman–Crippen LogP) is 1.92. The highest BCUT2D eigenvalue weighted by molar-refractivity contribution is 6.06. The quantitative estimate of drug-likeness (QED) is 0.829. The lowest BCUT2D eigenvalue weighted by Crippen LogP contribution is -2.15. The zero-order valence-corrected chi connectivity index (χ0v) is 10.9. The summed E-state index contributed by atoms with van der Waals surface area (Å²) >= 11 is 0. The van der Waals surface area contributed by atoms with Gasteiger partial charge in [0.15, 0.2) is 5.82 Å². The minimum Gasteiger partial charge on any atom is -0.320 e. The number of pyridine rings is 1. The first kappa shape index (κ1) is 14.6. The summed E-state index contributed by atoms with van der Waals surface area (Å²) in [7, 11) is 0. The second kappa shape index (κ2) is 6.59. The number of carbonyl (C=O) groups excluding carboxylic acids is 1. The molecule has 0 aliphatic rings. The van der Waals surface area contributed by atoms with Crippen LogP contribution in [0.2, 0.25) is 0 Å². The molecule has 0 bridgehead atoms. The highest BCUT2D eigenvalue weighted by Crippen LogP contribution is 2.15. The number of nitrogens with zero attached hydrogens (tertiary/aromatic N) is 1. The average Bonchev–Trinajstić information content (AvgIpc) is 2.47. The fourth-order valence-electron chi connectivity index (χ4n) is 1.63. The van der Waals surface area contributed by atoms with Crippen LogP contribution in [0.3, 0.4) is 0 Å². The summed E-state index contributed by atoms with van der Waals surface area (Å²) in [4.78, 5) is 15.7. The summed E-state index contributed by atoms with van der Waals surface area (Å²) in [6.45, 7) is 0.0799. The van der Waals surface area contributed by atoms with Gasteiger partial charge in [-0.25, -0.2) is 8.78 Å². The second-order valence-corrected chi connectivity index (χ2v) is 4.01. The maximum Gasteiger partial charge on any atom is 0.257 e. The van der Waals surface area contributed by atoms with E-state index < -0.39 is 17.5 Å². The van der Waals surface area contributed by atoms with Crippen LogP contribution in [0, 0.1) is 23.5 Å². The Balaban J connectivity index is 2.33. The summed E-state index contributed by atoms with van der Waals surface area (Å²) in [5, 5.41) is 2.39. The summed E-state index contributed by atoms with van der Waals surface area (Å²) < 4.78 is 26.7. The Bertz CT molecular complexity index is 735. The fraction of sp³-hybridized carbons (Fsp3) is 0.0667. The van der Waals surface area contributed by atoms with Gasteiger partial charge in [0.25, 0.3) is 5.91 Å². The highest BCUT2D eigenvalue weighted by atomic mass is 19.1. The molecule has 3 N–H and O–H groups in total. The van der Waals surface area contributed by atoms with E-state index in [0.717, 1.165) is 18.3 Å². The smallest absolute Gasteiger partial charge is 0.257 e. The molecule has 2 aromatic rings. The molecule has 0 unspecified atom stereocenters. The Hall–Kier alpha value is -2.78. The number of hydrogen-bond donors (Lipinski definition) is 2. The van der Waals surface area contributed by atoms with E-state index in [2.05, 4.69) is 22.1 Å². The molecular weight excluding hydrogens is 276 g/mol. The van der Waals surface area contributed by atoms with Crippen molar-refractivity contribution in [2.24, 2.45) is 5.73 Å². The SMILES string of the molecule is NCC#Cc1cc(F)ccc1C(=O)Nc1ccncc1F. The molecule has 21 heavy (non-hydrogen) atoms. The van der Waals surface area contributed by atoms with Crippen LogP contribution in [0.1, 0.15) is 15.9 Å². The topological polar surface area (TPSA) is 68.0 Å². The van der Waals surface area contributed by atoms with Crippen molar-refractivity contribution in [2.75, 3.05) is 11.9 Å². The van der Waals surface area contributed by atoms with E-state index in [0.29, 0.717) is 0 Å². The van der Waals surface area contributed by atoms with Crippen LogP contribution in [0.5, 0.6) is 0 Å². The third-order valence-electron chi connectivity index (χ3n) is 2.57. The normalized spacial score (nSPS) is 9.67. The van der Waals surface area contributed by atoms with Crippen molar-refractivity contribution in [3.8, 4) is 11.8 Å². The Morgan fingerprint density at radius 1 is 1.33 bits per heavy atom. The van der Waals surface area contributed by atoms with Crippen LogP contribution >= 0.6 is 0 Å². The molecule has 1 aromatic carbocycles. The zero-order valence-electron chi connectivity index (χ0n) is 10.9. The summed E-state index contributed by atoms with van der Waals surface area (Å²) in [6.07, 6.45) is 2.33. The standard InChI is InChI=1S/C15H11F2N3O/c16-11-3-4-12(10(8-11)2-1-6-18)15(21)20-14-5-7-19-9-13(14)17/h3-5,7-9H,6,18H2,(H,19,20,21). The Morgan fingerprint density at radius 2 is 2.14 bits per heavy atom. The van der Waals surface area contributed by atoms with Gasteiger partial charge in [-0.15, -0.1) is 0 Å². The third-order valence-corrected chi connectivity index (χ3v) is 2.57. The molecular formula is C15H11F2N3O. The molecule has 1 heterocycles. The van der Waals surface area contributed by atoms with Crippen molar-refractivity contribution < 1.29 is 13.6 Å². The predicted molar refractivity (Wildman–Crippen MR) is 74.5 cm³/mol. The molecule has 6 heteroatoms. The van der Waals surface area contributed by atoms with Gasteiger partial charge in [-0.3, -0.25) is 9.78 Å². The monoisotopic (exact) mass is 287 g/mol. The first-order valence-electron chi connectivity index (χ1n) is 6.01. The lowest BCUT2D eigenvalue weighted by molar-refractivity contribution is 0.102. The van der Waals surface area contributed by atoms with Crippen LogP contribution in [0.15, 0.2) is 36.7 Å². The van der Waals surface area contributed by atoms with E-state index in [9.17, 15) is 13.6 Å². The molecule has 1 aromatic heterocycles. The van der Waals surface area contributed by atoms with E-state index in [1.54, 1.807) is 0 Å². The molecule has 0 aliphatic carbocycles. The van der Waals surface area contributed by atoms with Crippen molar-refractivity contribution in [1.82, 2.24) is 4.98 Å². The number of nitrogens with one attached hydrogen (secondary N) is 1. The Morgan fingerprint density at radius 3 is 2.86 bits per heavy atom. The summed E-state index contributed by atoms with van der Waals surface area (Å²) in [5.41, 5.74) is 5.56. The lowest BCUT2D eigenvalue weighted by atomic mass is 10.1. The second-order valence-electron chi connectivity index (χ2n) is 4.01. The fourth-order valence-corrected chi connectivity index (χ4v) is 1.63. The van der Waals surface area contributed by atoms with E-state index in [1.807, 2.05) is 0 Å². The third kappa shape index (κ3) is 3.61. The van der Waals surface area contributed by atoms with Gasteiger partial charge in [-0.05, 0) is 24.3 Å². The van der Waals surface area contributed by atoms with Gasteiger partial charge < -0.3 is 11.1 Å². The van der Waals surface area contributed by atoms with E-state index in [1.165, 1.54) is 18.3 Å². The van der Waals surface area contributed by atoms with Gasteiger partial charge in [0.05, 0.1) is 24.0 Å². The van der Waals surface area contributed by atoms with Crippen LogP contribution in [-0.2, 0) is 0 Å². The molecule has 0 saturated heterocycles. The van der Waals surface area contributed by atoms with Gasteiger partial charge in [0.1, 0.15) is 5.82 Å². The number of benzene rings is 1. The molecule has 0 fully saturated rings. The number of halogens is 2. The number of rotatable bonds is 2. The molecule has 0 atom stereocenters. The summed E-state index contributed by atoms with van der Waals surface area (Å²) in [5.74, 6) is 3.38. The summed E-state index contributed by atoms with van der Waals surface area (Å²) in [6, 6.07) is 4.86. The first-order valence-corrected chi connectivity index (χ1v) is 6.01. The molecule has 0 aliphatic heterocycles. The molecule has 0 saturated carbocycles. The molecule has 1 amide bonds. The maximum atomic E-state index is 13.5. The largest absolute Gasteiger partial charge is 0.320 e. The molecule has 4 nitrogen and oxygen atoms in total. The lowest BCUT2D eigenvalue weighted by Gasteiger charge is -2.07. The van der Waals surface area contributed by atoms with Gasteiger partial charge in [-0.2, -0.15) is 0 Å². The van der Waals surface area contributed by atoms with Crippen LogP contribution in [-0.4, -0.2) is 17.4 Å². The minimum absolute atomic E-state index is 0.0166. The van der Waals surface area contributed by atoms with Gasteiger partial charge in [-0.1, -0.05) is 11.8 Å². The minimum atomic E-state index is -0.664. The Kier molecular flexibility index (Phi) is 4.59. The number of carbonyl (C=O) groups is 1. The van der Waals surface area contributed by atoms with Crippen molar-refractivity contribution in [3.05, 3.63) is 59.4 Å². The average molecular weight is 287 g/mol. The van der Waals surface area contributed by atoms with Crippen molar-refractivity contribution in [3.63, 3.8) is 0 Å².